The van der Waals surface area contributed by atoms with E-state index in [1.54, 1.807) is 24.4 Å². The van der Waals surface area contributed by atoms with E-state index in [4.69, 9.17) is 10.7 Å². The minimum Gasteiger partial charge on any atom is -0.348 e. The fraction of sp³-hybridized carbons (Fsp3) is 0.143. The van der Waals surface area contributed by atoms with Crippen molar-refractivity contribution in [3.8, 4) is 0 Å². The van der Waals surface area contributed by atoms with Crippen molar-refractivity contribution >= 4 is 25.6 Å². The Bertz CT molecular complexity index is 758. The van der Waals surface area contributed by atoms with Gasteiger partial charge in [0.05, 0.1) is 10.5 Å². The molecule has 0 aliphatic rings. The first-order chi connectivity index (χ1) is 9.86. The van der Waals surface area contributed by atoms with Gasteiger partial charge in [0, 0.05) is 29.6 Å². The molecule has 0 atom stereocenters. The van der Waals surface area contributed by atoms with E-state index < -0.39 is 9.05 Å². The van der Waals surface area contributed by atoms with Gasteiger partial charge in [0.15, 0.2) is 0 Å². The lowest BCUT2D eigenvalue weighted by Gasteiger charge is -2.06. The number of aryl methyl sites for hydroxylation is 1. The normalized spacial score (nSPS) is 11.1. The first kappa shape index (κ1) is 15.5. The Morgan fingerprint density at radius 3 is 2.48 bits per heavy atom. The molecule has 2 rings (SSSR count). The zero-order valence-electron chi connectivity index (χ0n) is 11.2. The average molecular weight is 325 g/mol. The zero-order chi connectivity index (χ0) is 15.5. The van der Waals surface area contributed by atoms with E-state index >= 15 is 0 Å². The van der Waals surface area contributed by atoms with Gasteiger partial charge in [-0.2, -0.15) is 0 Å². The van der Waals surface area contributed by atoms with Gasteiger partial charge in [-0.15, -0.1) is 0 Å². The van der Waals surface area contributed by atoms with Crippen LogP contribution in [0.3, 0.4) is 0 Å². The monoisotopic (exact) mass is 324 g/mol. The van der Waals surface area contributed by atoms with Crippen LogP contribution in [0.5, 0.6) is 0 Å². The van der Waals surface area contributed by atoms with Crippen molar-refractivity contribution in [1.29, 1.82) is 0 Å². The van der Waals surface area contributed by atoms with Crippen molar-refractivity contribution < 1.29 is 13.2 Å². The maximum Gasteiger partial charge on any atom is 0.261 e. The van der Waals surface area contributed by atoms with E-state index in [9.17, 15) is 13.2 Å². The quantitative estimate of drug-likeness (QED) is 0.875. The molecule has 1 amide bonds. The minimum atomic E-state index is -3.72. The number of nitrogens with one attached hydrogen (secondary N) is 1. The minimum absolute atomic E-state index is 0.0297. The van der Waals surface area contributed by atoms with E-state index in [0.29, 0.717) is 5.56 Å². The van der Waals surface area contributed by atoms with Crippen molar-refractivity contribution in [1.82, 2.24) is 10.3 Å². The number of pyridine rings is 1. The molecule has 0 aliphatic carbocycles. The summed E-state index contributed by atoms with van der Waals surface area (Å²) in [6, 6.07) is 7.75. The summed E-state index contributed by atoms with van der Waals surface area (Å²) in [6.07, 6.45) is 3.16. The number of carbonyl (C=O) groups excluding carboxylic acids is 1. The number of rotatable bonds is 4. The molecule has 0 fully saturated rings. The van der Waals surface area contributed by atoms with Crippen LogP contribution in [0.15, 0.2) is 47.6 Å². The Morgan fingerprint density at radius 2 is 1.90 bits per heavy atom. The predicted molar refractivity (Wildman–Crippen MR) is 79.6 cm³/mol. The topological polar surface area (TPSA) is 76.1 Å². The number of carbonyl (C=O) groups is 1. The van der Waals surface area contributed by atoms with Crippen LogP contribution in [0.2, 0.25) is 0 Å². The fourth-order valence-electron chi connectivity index (χ4n) is 1.73. The lowest BCUT2D eigenvalue weighted by atomic mass is 10.2. The molecule has 0 spiro atoms. The number of amides is 1. The Kier molecular flexibility index (Phi) is 4.59. The predicted octanol–water partition coefficient (Wildman–Crippen LogP) is 2.25. The fourth-order valence-corrected chi connectivity index (χ4v) is 2.50. The maximum absolute atomic E-state index is 11.9. The zero-order valence-corrected chi connectivity index (χ0v) is 12.8. The van der Waals surface area contributed by atoms with Crippen LogP contribution >= 0.6 is 10.7 Å². The molecule has 2 aromatic rings. The molecule has 0 aliphatic heterocycles. The van der Waals surface area contributed by atoms with Crippen LogP contribution in [0, 0.1) is 6.92 Å². The number of aromatic nitrogens is 1. The molecule has 1 aromatic heterocycles. The van der Waals surface area contributed by atoms with Crippen molar-refractivity contribution in [2.45, 2.75) is 18.4 Å². The van der Waals surface area contributed by atoms with Gasteiger partial charge >= 0.3 is 0 Å². The standard InChI is InChI=1S/C14H13ClN2O3S/c1-10-6-12(9-16-7-10)14(18)17-8-11-2-4-13(5-3-11)21(15,19)20/h2-7,9H,8H2,1H3,(H,17,18). The number of hydrogen-bond acceptors (Lipinski definition) is 4. The molecular weight excluding hydrogens is 312 g/mol. The lowest BCUT2D eigenvalue weighted by Crippen LogP contribution is -2.23. The van der Waals surface area contributed by atoms with Gasteiger partial charge in [-0.1, -0.05) is 12.1 Å². The smallest absolute Gasteiger partial charge is 0.261 e. The highest BCUT2D eigenvalue weighted by atomic mass is 35.7. The van der Waals surface area contributed by atoms with Crippen LogP contribution < -0.4 is 5.32 Å². The molecule has 1 aromatic carbocycles. The van der Waals surface area contributed by atoms with Gasteiger partial charge in [-0.05, 0) is 36.2 Å². The molecule has 1 N–H and O–H groups in total. The van der Waals surface area contributed by atoms with Crippen LogP contribution in [0.1, 0.15) is 21.5 Å². The summed E-state index contributed by atoms with van der Waals surface area (Å²) in [6.45, 7) is 2.14. The van der Waals surface area contributed by atoms with Crippen molar-refractivity contribution in [2.75, 3.05) is 0 Å². The highest BCUT2D eigenvalue weighted by Gasteiger charge is 2.10. The third-order valence-corrected chi connectivity index (χ3v) is 4.16. The third-order valence-electron chi connectivity index (χ3n) is 2.80. The summed E-state index contributed by atoms with van der Waals surface area (Å²) < 4.78 is 22.2. The summed E-state index contributed by atoms with van der Waals surface area (Å²) >= 11 is 0. The molecule has 0 radical (unpaired) electrons. The van der Waals surface area contributed by atoms with E-state index in [-0.39, 0.29) is 17.3 Å². The first-order valence-electron chi connectivity index (χ1n) is 6.10. The third kappa shape index (κ3) is 4.27. The number of nitrogens with zero attached hydrogens (tertiary/aromatic N) is 1. The largest absolute Gasteiger partial charge is 0.348 e. The van der Waals surface area contributed by atoms with Crippen LogP contribution in [-0.4, -0.2) is 19.3 Å². The summed E-state index contributed by atoms with van der Waals surface area (Å²) in [5, 5.41) is 2.74. The van der Waals surface area contributed by atoms with E-state index in [0.717, 1.165) is 11.1 Å². The van der Waals surface area contributed by atoms with Gasteiger partial charge in [-0.3, -0.25) is 9.78 Å². The molecule has 5 nitrogen and oxygen atoms in total. The Hall–Kier alpha value is -1.92. The Labute approximate surface area is 127 Å². The van der Waals surface area contributed by atoms with E-state index in [1.807, 2.05) is 6.92 Å². The highest BCUT2D eigenvalue weighted by molar-refractivity contribution is 8.13. The maximum atomic E-state index is 11.9. The second kappa shape index (κ2) is 6.24. The molecule has 110 valence electrons. The Morgan fingerprint density at radius 1 is 1.24 bits per heavy atom. The lowest BCUT2D eigenvalue weighted by molar-refractivity contribution is 0.0950. The number of benzene rings is 1. The van der Waals surface area contributed by atoms with Gasteiger partial charge < -0.3 is 5.32 Å². The number of halogens is 1. The molecule has 21 heavy (non-hydrogen) atoms. The molecule has 7 heteroatoms. The summed E-state index contributed by atoms with van der Waals surface area (Å²) in [5.74, 6) is -0.236. The summed E-state index contributed by atoms with van der Waals surface area (Å²) in [4.78, 5) is 15.9. The van der Waals surface area contributed by atoms with Gasteiger partial charge in [0.2, 0.25) is 0 Å². The van der Waals surface area contributed by atoms with Gasteiger partial charge in [0.1, 0.15) is 0 Å². The van der Waals surface area contributed by atoms with Gasteiger partial charge in [-0.25, -0.2) is 8.42 Å². The summed E-state index contributed by atoms with van der Waals surface area (Å²) in [5.41, 5.74) is 2.15. The Balaban J connectivity index is 2.02. The van der Waals surface area contributed by atoms with Crippen molar-refractivity contribution in [3.63, 3.8) is 0 Å². The molecule has 0 saturated carbocycles. The second-order valence-corrected chi connectivity index (χ2v) is 7.08. The molecular formula is C14H13ClN2O3S. The van der Waals surface area contributed by atoms with Gasteiger partial charge in [0.25, 0.3) is 15.0 Å². The molecule has 0 saturated heterocycles. The van der Waals surface area contributed by atoms with E-state index in [2.05, 4.69) is 10.3 Å². The van der Waals surface area contributed by atoms with Crippen LogP contribution in [0.4, 0.5) is 0 Å². The highest BCUT2D eigenvalue weighted by Crippen LogP contribution is 2.15. The SMILES string of the molecule is Cc1cncc(C(=O)NCc2ccc(S(=O)(=O)Cl)cc2)c1. The van der Waals surface area contributed by atoms with Crippen LogP contribution in [-0.2, 0) is 15.6 Å². The van der Waals surface area contributed by atoms with E-state index in [1.165, 1.54) is 18.3 Å². The molecule has 0 bridgehead atoms. The second-order valence-electron chi connectivity index (χ2n) is 4.52. The van der Waals surface area contributed by atoms with Crippen molar-refractivity contribution in [3.05, 3.63) is 59.4 Å². The average Bonchev–Trinajstić information content (AvgIpc) is 2.44. The number of hydrogen-bond donors (Lipinski definition) is 1. The summed E-state index contributed by atoms with van der Waals surface area (Å²) in [7, 11) is 1.51. The first-order valence-corrected chi connectivity index (χ1v) is 8.40. The molecule has 1 heterocycles. The molecule has 0 unspecified atom stereocenters. The van der Waals surface area contributed by atoms with Crippen molar-refractivity contribution in [2.24, 2.45) is 0 Å². The van der Waals surface area contributed by atoms with Crippen LogP contribution in [0.25, 0.3) is 0 Å².